The quantitative estimate of drug-likeness (QED) is 0.864. The number of nitrogens with one attached hydrogen (secondary N) is 1. The van der Waals surface area contributed by atoms with Gasteiger partial charge in [-0.1, -0.05) is 13.0 Å². The third-order valence-electron chi connectivity index (χ3n) is 6.96. The molecule has 5 rings (SSSR count). The molecule has 5 atom stereocenters. The summed E-state index contributed by atoms with van der Waals surface area (Å²) in [5.41, 5.74) is 3.78. The molecule has 0 amide bonds. The molecule has 2 saturated carbocycles. The van der Waals surface area contributed by atoms with E-state index in [1.165, 1.54) is 37.8 Å². The normalized spacial score (nSPS) is 44.4. The fourth-order valence-corrected chi connectivity index (χ4v) is 5.83. The predicted molar refractivity (Wildman–Crippen MR) is 87.5 cm³/mol. The van der Waals surface area contributed by atoms with Crippen molar-refractivity contribution in [2.24, 2.45) is 5.92 Å². The second-order valence-corrected chi connectivity index (χ2v) is 8.20. The molecule has 1 aromatic rings. The number of likely N-dealkylation sites (tertiary alicyclic amines) is 1. The fourth-order valence-electron chi connectivity index (χ4n) is 5.83. The van der Waals surface area contributed by atoms with Crippen molar-refractivity contribution in [3.05, 3.63) is 29.3 Å². The summed E-state index contributed by atoms with van der Waals surface area (Å²) in [7, 11) is 3.92. The van der Waals surface area contributed by atoms with E-state index in [1.54, 1.807) is 12.7 Å². The van der Waals surface area contributed by atoms with Gasteiger partial charge in [0.25, 0.3) is 0 Å². The largest absolute Gasteiger partial charge is 0.497 e. The van der Waals surface area contributed by atoms with Crippen LogP contribution in [0.1, 0.15) is 37.3 Å². The number of hydrogen-bond donors (Lipinski definition) is 1. The van der Waals surface area contributed by atoms with Crippen LogP contribution in [0, 0.1) is 5.92 Å². The number of benzene rings is 1. The van der Waals surface area contributed by atoms with Gasteiger partial charge in [0.05, 0.1) is 7.11 Å². The minimum absolute atomic E-state index is 0.252. The second-order valence-electron chi connectivity index (χ2n) is 8.20. The second kappa shape index (κ2) is 4.07. The first kappa shape index (κ1) is 13.4. The fraction of sp³-hybridized carbons (Fsp3) is 0.684. The minimum Gasteiger partial charge on any atom is -0.497 e. The van der Waals surface area contributed by atoms with E-state index in [4.69, 9.17) is 4.74 Å². The predicted octanol–water partition coefficient (Wildman–Crippen LogP) is 2.33. The Morgan fingerprint density at radius 3 is 2.86 bits per heavy atom. The van der Waals surface area contributed by atoms with Crippen LogP contribution < -0.4 is 10.1 Å². The van der Waals surface area contributed by atoms with Crippen molar-refractivity contribution in [3.8, 4) is 5.75 Å². The number of fused-ring (bicyclic) bond motifs is 3. The lowest BCUT2D eigenvalue weighted by molar-refractivity contribution is 0.222. The van der Waals surface area contributed by atoms with Crippen LogP contribution in [0.4, 0.5) is 0 Å². The van der Waals surface area contributed by atoms with E-state index in [2.05, 4.69) is 42.4 Å². The monoisotopic (exact) mass is 298 g/mol. The molecule has 4 aliphatic rings. The van der Waals surface area contributed by atoms with E-state index >= 15 is 0 Å². The Balaban J connectivity index is 1.58. The maximum Gasteiger partial charge on any atom is 0.119 e. The van der Waals surface area contributed by atoms with Crippen molar-refractivity contribution >= 4 is 0 Å². The Kier molecular flexibility index (Phi) is 2.47. The van der Waals surface area contributed by atoms with Crippen LogP contribution in [0.15, 0.2) is 18.2 Å². The summed E-state index contributed by atoms with van der Waals surface area (Å²) in [5.74, 6) is 1.99. The topological polar surface area (TPSA) is 24.3 Å². The smallest absolute Gasteiger partial charge is 0.119 e. The maximum atomic E-state index is 5.49. The molecule has 2 bridgehead atoms. The first-order chi connectivity index (χ1) is 10.6. The summed E-state index contributed by atoms with van der Waals surface area (Å²) < 4.78 is 5.49. The Bertz CT molecular complexity index is 640. The molecule has 3 unspecified atom stereocenters. The molecule has 22 heavy (non-hydrogen) atoms. The Hall–Kier alpha value is -1.06. The van der Waals surface area contributed by atoms with Gasteiger partial charge in [-0.3, -0.25) is 4.90 Å². The van der Waals surface area contributed by atoms with E-state index in [0.717, 1.165) is 17.7 Å². The zero-order valence-corrected chi connectivity index (χ0v) is 13.9. The van der Waals surface area contributed by atoms with E-state index in [-0.39, 0.29) is 5.41 Å². The molecular formula is C19H26N2O. The molecule has 1 saturated heterocycles. The van der Waals surface area contributed by atoms with Gasteiger partial charge >= 0.3 is 0 Å². The molecule has 0 aromatic heterocycles. The molecule has 3 nitrogen and oxygen atoms in total. The van der Waals surface area contributed by atoms with Crippen molar-refractivity contribution in [3.63, 3.8) is 0 Å². The number of piperidine rings is 1. The van der Waals surface area contributed by atoms with Crippen LogP contribution in [-0.2, 0) is 11.8 Å². The van der Waals surface area contributed by atoms with Crippen LogP contribution in [0.5, 0.6) is 5.75 Å². The number of likely N-dealkylation sites (N-methyl/N-ethyl adjacent to an activating group) is 1. The summed E-state index contributed by atoms with van der Waals surface area (Å²) >= 11 is 0. The van der Waals surface area contributed by atoms with Crippen LogP contribution in [0.25, 0.3) is 0 Å². The highest BCUT2D eigenvalue weighted by molar-refractivity contribution is 5.53. The average Bonchev–Trinajstić information content (AvgIpc) is 3.41. The molecule has 1 aliphatic heterocycles. The van der Waals surface area contributed by atoms with Crippen LogP contribution >= 0.6 is 0 Å². The van der Waals surface area contributed by atoms with Crippen LogP contribution in [-0.4, -0.2) is 43.2 Å². The lowest BCUT2D eigenvalue weighted by atomic mass is 9.69. The molecule has 3 fully saturated rings. The molecule has 1 aromatic carbocycles. The van der Waals surface area contributed by atoms with Gasteiger partial charge in [-0.05, 0) is 61.9 Å². The maximum absolute atomic E-state index is 5.49. The summed E-state index contributed by atoms with van der Waals surface area (Å²) in [6.07, 6.45) is 5.45. The highest BCUT2D eigenvalue weighted by Crippen LogP contribution is 2.66. The van der Waals surface area contributed by atoms with Crippen molar-refractivity contribution in [1.82, 2.24) is 10.2 Å². The molecular weight excluding hydrogens is 272 g/mol. The average molecular weight is 298 g/mol. The molecule has 3 heteroatoms. The Morgan fingerprint density at radius 2 is 2.18 bits per heavy atom. The summed E-state index contributed by atoms with van der Waals surface area (Å²) in [6.45, 7) is 3.80. The number of ether oxygens (including phenoxy) is 1. The van der Waals surface area contributed by atoms with Gasteiger partial charge in [0, 0.05) is 29.6 Å². The summed E-state index contributed by atoms with van der Waals surface area (Å²) in [4.78, 5) is 2.83. The first-order valence-corrected chi connectivity index (χ1v) is 8.74. The summed E-state index contributed by atoms with van der Waals surface area (Å²) in [6, 6.07) is 8.06. The van der Waals surface area contributed by atoms with Gasteiger partial charge in [0.15, 0.2) is 0 Å². The van der Waals surface area contributed by atoms with Gasteiger partial charge in [-0.15, -0.1) is 0 Å². The third-order valence-corrected chi connectivity index (χ3v) is 6.96. The zero-order chi connectivity index (χ0) is 15.1. The van der Waals surface area contributed by atoms with Crippen LogP contribution in [0.2, 0.25) is 0 Å². The molecule has 3 aliphatic carbocycles. The number of methoxy groups -OCH3 is 1. The van der Waals surface area contributed by atoms with E-state index in [0.29, 0.717) is 11.6 Å². The van der Waals surface area contributed by atoms with Crippen molar-refractivity contribution in [1.29, 1.82) is 0 Å². The lowest BCUT2D eigenvalue weighted by Crippen LogP contribution is -2.49. The van der Waals surface area contributed by atoms with Crippen molar-refractivity contribution in [2.45, 2.75) is 55.6 Å². The SMILES string of the molecule is CN[C@@H]1C2N(CC3CC3)C23Cc2ccc(OC)cc2[C@@]1(C)C3. The lowest BCUT2D eigenvalue weighted by Gasteiger charge is -2.42. The Labute approximate surface area is 133 Å². The van der Waals surface area contributed by atoms with Crippen LogP contribution in [0.3, 0.4) is 0 Å². The number of hydrogen-bond acceptors (Lipinski definition) is 3. The van der Waals surface area contributed by atoms with Gasteiger partial charge in [0.1, 0.15) is 5.75 Å². The van der Waals surface area contributed by atoms with Gasteiger partial charge in [-0.25, -0.2) is 0 Å². The molecule has 118 valence electrons. The molecule has 1 heterocycles. The van der Waals surface area contributed by atoms with E-state index in [1.807, 2.05) is 0 Å². The molecule has 0 radical (unpaired) electrons. The number of rotatable bonds is 4. The minimum atomic E-state index is 0.252. The van der Waals surface area contributed by atoms with Gasteiger partial charge in [0.2, 0.25) is 0 Å². The zero-order valence-electron chi connectivity index (χ0n) is 13.9. The highest BCUT2D eigenvalue weighted by atomic mass is 16.5. The first-order valence-electron chi connectivity index (χ1n) is 8.74. The molecule has 1 spiro atoms. The van der Waals surface area contributed by atoms with Gasteiger partial charge < -0.3 is 10.1 Å². The summed E-state index contributed by atoms with van der Waals surface area (Å²) in [5, 5.41) is 3.68. The van der Waals surface area contributed by atoms with E-state index in [9.17, 15) is 0 Å². The highest BCUT2D eigenvalue weighted by Gasteiger charge is 2.76. The standard InChI is InChI=1S/C19H26N2O/c1-18-11-19(9-13-6-7-14(22-3)8-15(13)18)17(16(18)20-2)21(19)10-12-4-5-12/h6-8,12,16-17,20H,4-5,9-11H2,1-3H3/t16-,17?,18-,19?,21?/m1/s1. The van der Waals surface area contributed by atoms with Crippen molar-refractivity contribution < 1.29 is 4.74 Å². The van der Waals surface area contributed by atoms with Gasteiger partial charge in [-0.2, -0.15) is 0 Å². The Morgan fingerprint density at radius 1 is 1.36 bits per heavy atom. The van der Waals surface area contributed by atoms with E-state index < -0.39 is 0 Å². The molecule has 1 N–H and O–H groups in total. The van der Waals surface area contributed by atoms with Crippen molar-refractivity contribution in [2.75, 3.05) is 20.7 Å². The third kappa shape index (κ3) is 1.49. The number of nitrogens with zero attached hydrogens (tertiary/aromatic N) is 1.